The molecule has 2 aromatic carbocycles. The van der Waals surface area contributed by atoms with Crippen LogP contribution in [0.2, 0.25) is 31.9 Å². The van der Waals surface area contributed by atoms with Crippen LogP contribution in [0.4, 0.5) is 4.79 Å². The van der Waals surface area contributed by atoms with Crippen LogP contribution in [-0.4, -0.2) is 105 Å². The maximum Gasteiger partial charge on any atom is 0.408 e. The summed E-state index contributed by atoms with van der Waals surface area (Å²) >= 11 is 0. The molecule has 0 radical (unpaired) electrons. The highest BCUT2D eigenvalue weighted by molar-refractivity contribution is 6.89. The number of carbonyl (C=O) groups is 5. The summed E-state index contributed by atoms with van der Waals surface area (Å²) < 4.78 is 45.9. The number of amides is 1. The normalized spacial score (nSPS) is 34.2. The number of hydrogen-bond donors (Lipinski definition) is 2. The Hall–Kier alpha value is -4.20. The van der Waals surface area contributed by atoms with Crippen LogP contribution in [0.25, 0.3) is 0 Å². The van der Waals surface area contributed by atoms with E-state index in [-0.39, 0.29) is 30.8 Å². The number of hydrogen-bond acceptors (Lipinski definition) is 13. The number of alkyl carbamates (subject to hydrolysis) is 1. The highest BCUT2D eigenvalue weighted by Crippen LogP contribution is 2.65. The van der Waals surface area contributed by atoms with Gasteiger partial charge < -0.3 is 43.0 Å². The van der Waals surface area contributed by atoms with Crippen molar-refractivity contribution in [3.05, 3.63) is 82.9 Å². The molecule has 14 nitrogen and oxygen atoms in total. The first-order valence-corrected chi connectivity index (χ1v) is 29.0. The minimum absolute atomic E-state index is 0.136. The largest absolute Gasteiger partial charge is 0.457 e. The van der Waals surface area contributed by atoms with Gasteiger partial charge in [-0.25, -0.2) is 9.59 Å². The van der Waals surface area contributed by atoms with Crippen molar-refractivity contribution in [3.63, 3.8) is 0 Å². The van der Waals surface area contributed by atoms with Crippen LogP contribution in [0.5, 0.6) is 0 Å². The monoisotopic (exact) mass is 933 g/mol. The number of ketones is 1. The lowest BCUT2D eigenvalue weighted by Gasteiger charge is -2.68. The second-order valence-corrected chi connectivity index (χ2v) is 30.7. The molecule has 2 saturated carbocycles. The van der Waals surface area contributed by atoms with Gasteiger partial charge in [0.1, 0.15) is 35.6 Å². The maximum atomic E-state index is 16.3. The molecule has 16 heteroatoms. The van der Waals surface area contributed by atoms with Crippen molar-refractivity contribution < 1.29 is 61.6 Å². The van der Waals surface area contributed by atoms with Gasteiger partial charge in [-0.15, -0.1) is 0 Å². The third-order valence-corrected chi connectivity index (χ3v) is 23.2. The summed E-state index contributed by atoms with van der Waals surface area (Å²) in [4.78, 5) is 72.2. The van der Waals surface area contributed by atoms with Crippen LogP contribution in [-0.2, 0) is 46.9 Å². The van der Waals surface area contributed by atoms with Crippen molar-refractivity contribution >= 4 is 46.4 Å². The fourth-order valence-corrected chi connectivity index (χ4v) is 22.6. The Bertz CT molecular complexity index is 2240. The van der Waals surface area contributed by atoms with E-state index in [1.165, 1.54) is 6.92 Å². The number of aliphatic hydroxyl groups is 1. The summed E-state index contributed by atoms with van der Waals surface area (Å²) in [6.07, 6.45) is -6.43. The number of carbonyl (C=O) groups excluding carboxylic acids is 5. The van der Waals surface area contributed by atoms with Crippen LogP contribution in [0.3, 0.4) is 0 Å². The van der Waals surface area contributed by atoms with E-state index in [0.717, 1.165) is 0 Å². The van der Waals surface area contributed by atoms with Gasteiger partial charge in [-0.2, -0.15) is 0 Å². The lowest BCUT2D eigenvalue weighted by molar-refractivity contribution is -0.344. The summed E-state index contributed by atoms with van der Waals surface area (Å²) in [5.74, 6) is -4.72. The number of esters is 3. The fourth-order valence-electron chi connectivity index (χ4n) is 11.8. The molecule has 2 heterocycles. The zero-order valence-corrected chi connectivity index (χ0v) is 42.1. The van der Waals surface area contributed by atoms with Gasteiger partial charge in [-0.1, -0.05) is 62.4 Å². The number of ether oxygens (including phenoxy) is 5. The van der Waals surface area contributed by atoms with Crippen LogP contribution < -0.4 is 5.32 Å². The standard InChI is InChI=1S/C49H67NO13Si2/c1-28-33(58-42(53)29(2)37(31-20-16-14-17-21-31)50-44(55)61-45(4,5)6)25-49(56)41(59-43(54)32-22-18-15-19-23-32)39-47(9)34(24-35-48(39,26-57-35)60-30(3)51)62-64(10,11)27-65(12,13)63-38(40(47)52)36(28)46(49,7)8/h14-23,29,33-35,37-39,41,56H,24-27H2,1-13H3,(H,50,55)/t29-,33+,34-,35+,37+,38+,39?,41?,47+,48-,49+/m0/s1. The van der Waals surface area contributed by atoms with E-state index in [4.69, 9.17) is 32.5 Å². The van der Waals surface area contributed by atoms with Crippen molar-refractivity contribution in [1.29, 1.82) is 0 Å². The SMILES string of the molecule is CC(=O)O[C@@]12CO[C@@H]1C[C@@H]1O[Si](C)(C)C[Si](C)(C)O[C@H]3C(=O)[C@@]1(C)C2C(OC(=O)c1ccccc1)[C@]1(O)C[C@@H](OC(=O)[C@@H](C)[C@@H](NC(=O)OC(C)(C)C)c2ccccc2)C(C)=C3C1(C)C. The Morgan fingerprint density at radius 2 is 1.49 bits per heavy atom. The van der Waals surface area contributed by atoms with Crippen LogP contribution in [0.15, 0.2) is 71.8 Å². The zero-order valence-electron chi connectivity index (χ0n) is 40.1. The van der Waals surface area contributed by atoms with Crippen molar-refractivity contribution in [1.82, 2.24) is 5.32 Å². The highest BCUT2D eigenvalue weighted by atomic mass is 28.4. The Morgan fingerprint density at radius 1 is 0.892 bits per heavy atom. The van der Waals surface area contributed by atoms with E-state index in [1.807, 2.05) is 6.07 Å². The second-order valence-electron chi connectivity index (χ2n) is 21.8. The lowest BCUT2D eigenvalue weighted by Crippen LogP contribution is -2.82. The first-order valence-electron chi connectivity index (χ1n) is 22.7. The number of Topliss-reactive ketones (excluding diaryl/α,β-unsaturated/α-hetero) is 1. The van der Waals surface area contributed by atoms with E-state index in [0.29, 0.717) is 22.4 Å². The third-order valence-electron chi connectivity index (χ3n) is 14.6. The summed E-state index contributed by atoms with van der Waals surface area (Å²) in [6, 6.07) is 16.5. The quantitative estimate of drug-likeness (QED) is 0.115. The van der Waals surface area contributed by atoms with Gasteiger partial charge in [-0.05, 0) is 102 Å². The highest BCUT2D eigenvalue weighted by Gasteiger charge is 2.79. The molecule has 65 heavy (non-hydrogen) atoms. The summed E-state index contributed by atoms with van der Waals surface area (Å²) in [5, 5.41) is 17.0. The second kappa shape index (κ2) is 16.8. The summed E-state index contributed by atoms with van der Waals surface area (Å²) in [5.41, 5.74) is -5.13. The van der Waals surface area contributed by atoms with Gasteiger partial charge in [-0.3, -0.25) is 14.4 Å². The molecule has 1 amide bonds. The Morgan fingerprint density at radius 3 is 2.06 bits per heavy atom. The molecule has 0 aromatic heterocycles. The zero-order chi connectivity index (χ0) is 47.9. The van der Waals surface area contributed by atoms with E-state index in [1.54, 1.807) is 110 Å². The summed E-state index contributed by atoms with van der Waals surface area (Å²) in [6.45, 7) is 23.5. The van der Waals surface area contributed by atoms with Gasteiger partial charge in [0, 0.05) is 25.2 Å². The smallest absolute Gasteiger partial charge is 0.408 e. The molecular formula is C49H67NO13Si2. The maximum absolute atomic E-state index is 16.3. The summed E-state index contributed by atoms with van der Waals surface area (Å²) in [7, 11) is -5.49. The van der Waals surface area contributed by atoms with E-state index >= 15 is 4.79 Å². The molecular weight excluding hydrogens is 867 g/mol. The van der Waals surface area contributed by atoms with E-state index in [2.05, 4.69) is 31.5 Å². The van der Waals surface area contributed by atoms with Gasteiger partial charge in [0.15, 0.2) is 28.0 Å². The van der Waals surface area contributed by atoms with E-state index < -0.39 is 117 Å². The number of fused-ring (bicyclic) bond motifs is 6. The molecule has 11 atom stereocenters. The predicted octanol–water partition coefficient (Wildman–Crippen LogP) is 7.55. The van der Waals surface area contributed by atoms with Gasteiger partial charge in [0.05, 0.1) is 41.6 Å². The molecule has 4 fully saturated rings. The average Bonchev–Trinajstić information content (AvgIpc) is 3.21. The third kappa shape index (κ3) is 8.67. The van der Waals surface area contributed by atoms with E-state index in [9.17, 15) is 24.3 Å². The van der Waals surface area contributed by atoms with Crippen molar-refractivity contribution in [2.75, 3.05) is 6.61 Å². The average molecular weight is 934 g/mol. The lowest BCUT2D eigenvalue weighted by atomic mass is 9.44. The fraction of sp³-hybridized carbons (Fsp3) is 0.612. The molecule has 2 N–H and O–H groups in total. The van der Waals surface area contributed by atoms with Gasteiger partial charge in [0.25, 0.3) is 0 Å². The number of nitrogens with one attached hydrogen (secondary N) is 1. The molecule has 7 rings (SSSR count). The van der Waals surface area contributed by atoms with Gasteiger partial charge in [0.2, 0.25) is 0 Å². The first-order chi connectivity index (χ1) is 30.1. The number of rotatable bonds is 8. The first kappa shape index (κ1) is 48.7. The van der Waals surface area contributed by atoms with Crippen molar-refractivity contribution in [3.8, 4) is 0 Å². The molecule has 354 valence electrons. The van der Waals surface area contributed by atoms with Crippen LogP contribution in [0.1, 0.15) is 97.1 Å². The molecule has 3 aliphatic carbocycles. The van der Waals surface area contributed by atoms with Crippen molar-refractivity contribution in [2.45, 2.75) is 160 Å². The molecule has 2 aliphatic heterocycles. The minimum Gasteiger partial charge on any atom is -0.457 e. The predicted molar refractivity (Wildman–Crippen MR) is 244 cm³/mol. The molecule has 2 saturated heterocycles. The molecule has 5 aliphatic rings. The Balaban J connectivity index is 1.44. The van der Waals surface area contributed by atoms with Crippen LogP contribution >= 0.6 is 0 Å². The van der Waals surface area contributed by atoms with Crippen molar-refractivity contribution in [2.24, 2.45) is 22.7 Å². The topological polar surface area (TPSA) is 182 Å². The molecule has 4 bridgehead atoms. The Kier molecular flexibility index (Phi) is 12.6. The molecule has 2 aromatic rings. The Labute approximate surface area is 384 Å². The van der Waals surface area contributed by atoms with Crippen LogP contribution in [0, 0.1) is 22.7 Å². The molecule has 2 unspecified atom stereocenters. The minimum atomic E-state index is -2.82. The molecule has 0 spiro atoms. The van der Waals surface area contributed by atoms with Gasteiger partial charge >= 0.3 is 24.0 Å². The number of benzene rings is 2.